The van der Waals surface area contributed by atoms with Crippen LogP contribution >= 0.6 is 11.6 Å². The Morgan fingerprint density at radius 2 is 2.11 bits per heavy atom. The molecular formula is C14H16ClN3O. The minimum absolute atomic E-state index is 0.00370. The second kappa shape index (κ2) is 5.53. The van der Waals surface area contributed by atoms with Gasteiger partial charge in [-0.1, -0.05) is 11.6 Å². The second-order valence-corrected chi connectivity index (χ2v) is 4.83. The molecule has 2 heterocycles. The van der Waals surface area contributed by atoms with E-state index in [1.54, 1.807) is 16.9 Å². The molecule has 2 aromatic heterocycles. The van der Waals surface area contributed by atoms with Crippen LogP contribution in [0.2, 0.25) is 5.02 Å². The van der Waals surface area contributed by atoms with E-state index in [9.17, 15) is 4.79 Å². The highest BCUT2D eigenvalue weighted by Gasteiger charge is 2.17. The van der Waals surface area contributed by atoms with Crippen molar-refractivity contribution in [3.63, 3.8) is 0 Å². The largest absolute Gasteiger partial charge is 0.294 e. The zero-order chi connectivity index (χ0) is 14.0. The van der Waals surface area contributed by atoms with E-state index in [0.717, 1.165) is 17.1 Å². The van der Waals surface area contributed by atoms with Gasteiger partial charge in [0.15, 0.2) is 5.78 Å². The Kier molecular flexibility index (Phi) is 4.00. The summed E-state index contributed by atoms with van der Waals surface area (Å²) >= 11 is 6.20. The van der Waals surface area contributed by atoms with Gasteiger partial charge in [-0.3, -0.25) is 14.5 Å². The fraction of sp³-hybridized carbons (Fsp3) is 0.357. The molecular weight excluding hydrogens is 262 g/mol. The van der Waals surface area contributed by atoms with Crippen LogP contribution in [0.4, 0.5) is 0 Å². The average Bonchev–Trinajstić information content (AvgIpc) is 2.67. The summed E-state index contributed by atoms with van der Waals surface area (Å²) in [5.41, 5.74) is 3.02. The van der Waals surface area contributed by atoms with Crippen LogP contribution in [-0.4, -0.2) is 20.5 Å². The number of hydrogen-bond acceptors (Lipinski definition) is 3. The zero-order valence-corrected chi connectivity index (χ0v) is 12.0. The molecule has 0 spiro atoms. The van der Waals surface area contributed by atoms with Crippen molar-refractivity contribution in [3.05, 3.63) is 46.0 Å². The Balaban J connectivity index is 2.26. The molecule has 0 amide bonds. The molecule has 0 fully saturated rings. The van der Waals surface area contributed by atoms with Gasteiger partial charge in [0.2, 0.25) is 0 Å². The summed E-state index contributed by atoms with van der Waals surface area (Å²) in [7, 11) is 0. The standard InChI is InChI=1S/C14H16ClN3O/c1-4-18-12(14(15)10(3)17-18)7-13(19)11-6-5-9(2)16-8-11/h5-6,8H,4,7H2,1-3H3. The zero-order valence-electron chi connectivity index (χ0n) is 11.3. The number of carbonyl (C=O) groups is 1. The highest BCUT2D eigenvalue weighted by molar-refractivity contribution is 6.32. The van der Waals surface area contributed by atoms with Crippen LogP contribution in [0, 0.1) is 13.8 Å². The first-order chi connectivity index (χ1) is 9.02. The van der Waals surface area contributed by atoms with Gasteiger partial charge >= 0.3 is 0 Å². The third-order valence-electron chi connectivity index (χ3n) is 3.01. The molecule has 0 atom stereocenters. The van der Waals surface area contributed by atoms with Gasteiger partial charge in [0, 0.05) is 24.0 Å². The molecule has 2 rings (SSSR count). The highest BCUT2D eigenvalue weighted by atomic mass is 35.5. The quantitative estimate of drug-likeness (QED) is 0.807. The van der Waals surface area contributed by atoms with E-state index in [1.165, 1.54) is 0 Å². The Morgan fingerprint density at radius 3 is 2.68 bits per heavy atom. The monoisotopic (exact) mass is 277 g/mol. The third-order valence-corrected chi connectivity index (χ3v) is 3.51. The van der Waals surface area contributed by atoms with Crippen molar-refractivity contribution < 1.29 is 4.79 Å². The van der Waals surface area contributed by atoms with E-state index in [-0.39, 0.29) is 12.2 Å². The van der Waals surface area contributed by atoms with E-state index < -0.39 is 0 Å². The molecule has 0 bridgehead atoms. The van der Waals surface area contributed by atoms with Gasteiger partial charge in [-0.05, 0) is 32.9 Å². The van der Waals surface area contributed by atoms with Gasteiger partial charge in [0.25, 0.3) is 0 Å². The molecule has 0 unspecified atom stereocenters. The third kappa shape index (κ3) is 2.84. The molecule has 4 nitrogen and oxygen atoms in total. The van der Waals surface area contributed by atoms with E-state index in [0.29, 0.717) is 17.1 Å². The smallest absolute Gasteiger partial charge is 0.170 e. The van der Waals surface area contributed by atoms with Crippen LogP contribution in [0.15, 0.2) is 18.3 Å². The molecule has 0 aliphatic heterocycles. The van der Waals surface area contributed by atoms with Crippen LogP contribution in [0.25, 0.3) is 0 Å². The molecule has 0 aliphatic carbocycles. The summed E-state index contributed by atoms with van der Waals surface area (Å²) in [4.78, 5) is 16.4. The molecule has 5 heteroatoms. The van der Waals surface area contributed by atoms with Crippen LogP contribution in [0.1, 0.15) is 34.4 Å². The molecule has 0 saturated carbocycles. The summed E-state index contributed by atoms with van der Waals surface area (Å²) in [6.45, 7) is 6.41. The lowest BCUT2D eigenvalue weighted by Crippen LogP contribution is -2.10. The fourth-order valence-electron chi connectivity index (χ4n) is 1.92. The number of rotatable bonds is 4. The maximum absolute atomic E-state index is 12.2. The summed E-state index contributed by atoms with van der Waals surface area (Å²) in [6, 6.07) is 3.62. The van der Waals surface area contributed by atoms with E-state index in [4.69, 9.17) is 11.6 Å². The highest BCUT2D eigenvalue weighted by Crippen LogP contribution is 2.21. The number of aryl methyl sites for hydroxylation is 3. The SMILES string of the molecule is CCn1nc(C)c(Cl)c1CC(=O)c1ccc(C)nc1. The normalized spacial score (nSPS) is 10.7. The predicted molar refractivity (Wildman–Crippen MR) is 74.7 cm³/mol. The topological polar surface area (TPSA) is 47.8 Å². The first kappa shape index (κ1) is 13.7. The van der Waals surface area contributed by atoms with E-state index in [1.807, 2.05) is 26.8 Å². The Hall–Kier alpha value is -1.68. The van der Waals surface area contributed by atoms with Crippen molar-refractivity contribution in [1.29, 1.82) is 0 Å². The molecule has 0 N–H and O–H groups in total. The molecule has 0 radical (unpaired) electrons. The van der Waals surface area contributed by atoms with Gasteiger partial charge in [0.1, 0.15) is 0 Å². The number of carbonyl (C=O) groups excluding carboxylic acids is 1. The van der Waals surface area contributed by atoms with Crippen molar-refractivity contribution in [3.8, 4) is 0 Å². The minimum atomic E-state index is 0.00370. The summed E-state index contributed by atoms with van der Waals surface area (Å²) in [6.07, 6.45) is 1.85. The molecule has 0 aliphatic rings. The Labute approximate surface area is 117 Å². The van der Waals surface area contributed by atoms with Crippen LogP contribution < -0.4 is 0 Å². The van der Waals surface area contributed by atoms with Crippen LogP contribution in [-0.2, 0) is 13.0 Å². The van der Waals surface area contributed by atoms with Gasteiger partial charge in [-0.25, -0.2) is 0 Å². The van der Waals surface area contributed by atoms with Gasteiger partial charge in [0.05, 0.1) is 22.8 Å². The predicted octanol–water partition coefficient (Wildman–Crippen LogP) is 2.99. The van der Waals surface area contributed by atoms with Crippen molar-refractivity contribution in [1.82, 2.24) is 14.8 Å². The number of pyridine rings is 1. The lowest BCUT2D eigenvalue weighted by molar-refractivity contribution is 0.0990. The summed E-state index contributed by atoms with van der Waals surface area (Å²) in [5.74, 6) is 0.00370. The lowest BCUT2D eigenvalue weighted by atomic mass is 10.1. The van der Waals surface area contributed by atoms with Gasteiger partial charge in [-0.15, -0.1) is 0 Å². The number of Topliss-reactive ketones (excluding diaryl/α,β-unsaturated/α-hetero) is 1. The molecule has 0 saturated heterocycles. The maximum Gasteiger partial charge on any atom is 0.170 e. The van der Waals surface area contributed by atoms with Crippen molar-refractivity contribution in [2.24, 2.45) is 0 Å². The molecule has 19 heavy (non-hydrogen) atoms. The molecule has 100 valence electrons. The minimum Gasteiger partial charge on any atom is -0.294 e. The molecule has 2 aromatic rings. The number of hydrogen-bond donors (Lipinski definition) is 0. The first-order valence-electron chi connectivity index (χ1n) is 6.20. The number of aromatic nitrogens is 3. The van der Waals surface area contributed by atoms with Gasteiger partial charge in [-0.2, -0.15) is 5.10 Å². The second-order valence-electron chi connectivity index (χ2n) is 4.45. The lowest BCUT2D eigenvalue weighted by Gasteiger charge is -2.05. The fourth-order valence-corrected chi connectivity index (χ4v) is 2.13. The summed E-state index contributed by atoms with van der Waals surface area (Å²) < 4.78 is 1.77. The van der Waals surface area contributed by atoms with Gasteiger partial charge < -0.3 is 0 Å². The van der Waals surface area contributed by atoms with E-state index in [2.05, 4.69) is 10.1 Å². The average molecular weight is 278 g/mol. The van der Waals surface area contributed by atoms with Crippen molar-refractivity contribution >= 4 is 17.4 Å². The van der Waals surface area contributed by atoms with E-state index >= 15 is 0 Å². The van der Waals surface area contributed by atoms with Crippen LogP contribution in [0.3, 0.4) is 0 Å². The maximum atomic E-state index is 12.2. The van der Waals surface area contributed by atoms with Crippen molar-refractivity contribution in [2.45, 2.75) is 33.7 Å². The number of nitrogens with zero attached hydrogens (tertiary/aromatic N) is 3. The number of ketones is 1. The Morgan fingerprint density at radius 1 is 1.37 bits per heavy atom. The Bertz CT molecular complexity index is 602. The first-order valence-corrected chi connectivity index (χ1v) is 6.58. The molecule has 0 aromatic carbocycles. The summed E-state index contributed by atoms with van der Waals surface area (Å²) in [5, 5.41) is 4.89. The van der Waals surface area contributed by atoms with Crippen molar-refractivity contribution in [2.75, 3.05) is 0 Å². The van der Waals surface area contributed by atoms with Crippen LogP contribution in [0.5, 0.6) is 0 Å². The number of halogens is 1.